The molecule has 0 amide bonds. The fourth-order valence-corrected chi connectivity index (χ4v) is 2.70. The molecule has 0 radical (unpaired) electrons. The summed E-state index contributed by atoms with van der Waals surface area (Å²) in [4.78, 5) is 17.2. The van der Waals surface area contributed by atoms with Gasteiger partial charge in [0.05, 0.1) is 12.7 Å². The molecule has 154 valence electrons. The molecule has 3 rings (SSSR count). The molecule has 30 heavy (non-hydrogen) atoms. The number of ether oxygens (including phenoxy) is 2. The highest BCUT2D eigenvalue weighted by Crippen LogP contribution is 2.19. The molecule has 0 aromatic heterocycles. The van der Waals surface area contributed by atoms with Crippen LogP contribution in [0.5, 0.6) is 11.5 Å². The number of carbonyl (C=O) groups excluding carboxylic acids is 1. The number of benzene rings is 3. The van der Waals surface area contributed by atoms with Crippen LogP contribution in [0.1, 0.15) is 27.0 Å². The van der Waals surface area contributed by atoms with Crippen LogP contribution in [-0.4, -0.2) is 18.9 Å². The Balaban J connectivity index is 1.58. The topological polar surface area (TPSA) is 109 Å². The minimum Gasteiger partial charge on any atom is -0.497 e. The van der Waals surface area contributed by atoms with Crippen molar-refractivity contribution in [1.82, 2.24) is 0 Å². The van der Waals surface area contributed by atoms with Gasteiger partial charge in [-0.2, -0.15) is 0 Å². The van der Waals surface area contributed by atoms with Crippen LogP contribution in [0.15, 0.2) is 71.9 Å². The number of anilines is 1. The Morgan fingerprint density at radius 3 is 2.30 bits per heavy atom. The normalized spacial score (nSPS) is 11.1. The van der Waals surface area contributed by atoms with E-state index in [1.807, 2.05) is 31.2 Å². The van der Waals surface area contributed by atoms with E-state index < -0.39 is 5.97 Å². The van der Waals surface area contributed by atoms with Crippen LogP contribution in [0.4, 0.5) is 5.69 Å². The first-order chi connectivity index (χ1) is 14.5. The summed E-state index contributed by atoms with van der Waals surface area (Å²) in [6.45, 7) is 2.18. The number of methoxy groups -OCH3 is 1. The first kappa shape index (κ1) is 20.7. The van der Waals surface area contributed by atoms with E-state index >= 15 is 0 Å². The van der Waals surface area contributed by atoms with Crippen molar-refractivity contribution < 1.29 is 19.1 Å². The van der Waals surface area contributed by atoms with Crippen LogP contribution in [0.25, 0.3) is 0 Å². The molecular weight excluding hydrogens is 382 g/mol. The van der Waals surface area contributed by atoms with Gasteiger partial charge in [0.1, 0.15) is 18.1 Å². The average Bonchev–Trinajstić information content (AvgIpc) is 2.78. The number of nitrogens with two attached hydrogens (primary N) is 2. The van der Waals surface area contributed by atoms with E-state index in [1.54, 1.807) is 49.6 Å². The first-order valence-electron chi connectivity index (χ1n) is 9.24. The fraction of sp³-hybridized carbons (Fsp3) is 0.130. The largest absolute Gasteiger partial charge is 0.497 e. The summed E-state index contributed by atoms with van der Waals surface area (Å²) in [7, 11) is 1.61. The molecule has 7 nitrogen and oxygen atoms in total. The molecule has 0 fully saturated rings. The van der Waals surface area contributed by atoms with Crippen LogP contribution < -0.4 is 20.9 Å². The Kier molecular flexibility index (Phi) is 6.54. The number of nitrogens with zero attached hydrogens (tertiary/aromatic N) is 1. The number of nitrogen functional groups attached to an aromatic ring is 1. The maximum absolute atomic E-state index is 12.2. The molecule has 0 saturated carbocycles. The van der Waals surface area contributed by atoms with Gasteiger partial charge < -0.3 is 25.8 Å². The van der Waals surface area contributed by atoms with E-state index in [-0.39, 0.29) is 5.84 Å². The van der Waals surface area contributed by atoms with Crippen LogP contribution in [0.3, 0.4) is 0 Å². The molecule has 4 N–H and O–H groups in total. The lowest BCUT2D eigenvalue weighted by molar-refractivity contribution is 0.0516. The number of hydrogen-bond donors (Lipinski definition) is 2. The van der Waals surface area contributed by atoms with Crippen LogP contribution in [-0.2, 0) is 11.4 Å². The van der Waals surface area contributed by atoms with Crippen molar-refractivity contribution >= 4 is 17.5 Å². The van der Waals surface area contributed by atoms with Crippen molar-refractivity contribution in [3.63, 3.8) is 0 Å². The lowest BCUT2D eigenvalue weighted by Crippen LogP contribution is -2.17. The van der Waals surface area contributed by atoms with Crippen LogP contribution in [0, 0.1) is 6.92 Å². The minimum absolute atomic E-state index is 0.0812. The van der Waals surface area contributed by atoms with Gasteiger partial charge in [0.15, 0.2) is 5.84 Å². The molecule has 0 aliphatic carbocycles. The summed E-state index contributed by atoms with van der Waals surface area (Å²) >= 11 is 0. The van der Waals surface area contributed by atoms with Crippen LogP contribution >= 0.6 is 0 Å². The second kappa shape index (κ2) is 9.47. The predicted octanol–water partition coefficient (Wildman–Crippen LogP) is 3.64. The van der Waals surface area contributed by atoms with Crippen LogP contribution in [0.2, 0.25) is 0 Å². The summed E-state index contributed by atoms with van der Waals surface area (Å²) in [6.07, 6.45) is 0. The summed E-state index contributed by atoms with van der Waals surface area (Å²) in [5.74, 6) is 0.958. The molecule has 0 unspecified atom stereocenters. The Bertz CT molecular complexity index is 1050. The Morgan fingerprint density at radius 2 is 1.63 bits per heavy atom. The van der Waals surface area contributed by atoms with Gasteiger partial charge in [-0.15, -0.1) is 0 Å². The van der Waals surface area contributed by atoms with Crippen molar-refractivity contribution in [2.75, 3.05) is 12.8 Å². The summed E-state index contributed by atoms with van der Waals surface area (Å²) in [5, 5.41) is 3.74. The lowest BCUT2D eigenvalue weighted by atomic mass is 10.1. The standard InChI is InChI=1S/C23H23N3O4/c1-15-20(4-3-5-21(15)24)22(25)26-30-23(27)17-8-6-16(7-9-17)14-29-19-12-10-18(28-2)11-13-19/h3-13H,14,24H2,1-2H3,(H2,25,26). The first-order valence-corrected chi connectivity index (χ1v) is 9.24. The van der Waals surface area contributed by atoms with E-state index in [0.717, 1.165) is 22.6 Å². The number of hydrogen-bond acceptors (Lipinski definition) is 6. The summed E-state index contributed by atoms with van der Waals surface area (Å²) in [5.41, 5.74) is 15.0. The molecule has 3 aromatic rings. The molecule has 0 aliphatic heterocycles. The Hall–Kier alpha value is -4.00. The van der Waals surface area contributed by atoms with E-state index in [0.29, 0.717) is 23.4 Å². The van der Waals surface area contributed by atoms with E-state index in [4.69, 9.17) is 25.8 Å². The highest BCUT2D eigenvalue weighted by molar-refractivity contribution is 6.00. The molecule has 7 heteroatoms. The smallest absolute Gasteiger partial charge is 0.365 e. The van der Waals surface area contributed by atoms with Gasteiger partial charge in [0.2, 0.25) is 0 Å². The molecule has 3 aromatic carbocycles. The maximum atomic E-state index is 12.2. The predicted molar refractivity (Wildman–Crippen MR) is 115 cm³/mol. The highest BCUT2D eigenvalue weighted by Gasteiger charge is 2.10. The van der Waals surface area contributed by atoms with Crippen molar-refractivity contribution in [1.29, 1.82) is 0 Å². The second-order valence-electron chi connectivity index (χ2n) is 6.54. The van der Waals surface area contributed by atoms with Crippen molar-refractivity contribution in [3.8, 4) is 11.5 Å². The van der Waals surface area contributed by atoms with Gasteiger partial charge in [0, 0.05) is 11.3 Å². The summed E-state index contributed by atoms with van der Waals surface area (Å²) < 4.78 is 10.8. The Morgan fingerprint density at radius 1 is 0.967 bits per heavy atom. The van der Waals surface area contributed by atoms with Gasteiger partial charge >= 0.3 is 5.97 Å². The zero-order valence-corrected chi connectivity index (χ0v) is 16.8. The third-order valence-corrected chi connectivity index (χ3v) is 4.53. The van der Waals surface area contributed by atoms with Crippen molar-refractivity contribution in [2.24, 2.45) is 10.9 Å². The van der Waals surface area contributed by atoms with Gasteiger partial charge in [-0.3, -0.25) is 0 Å². The number of oxime groups is 1. The quantitative estimate of drug-likeness (QED) is 0.204. The number of rotatable bonds is 7. The summed E-state index contributed by atoms with van der Waals surface area (Å²) in [6, 6.07) is 19.5. The zero-order valence-electron chi connectivity index (χ0n) is 16.8. The molecule has 0 aliphatic rings. The monoisotopic (exact) mass is 405 g/mol. The third-order valence-electron chi connectivity index (χ3n) is 4.53. The molecule has 0 heterocycles. The molecule has 0 saturated heterocycles. The molecule has 0 spiro atoms. The van der Waals surface area contributed by atoms with Crippen molar-refractivity contribution in [3.05, 3.63) is 89.0 Å². The van der Waals surface area contributed by atoms with E-state index in [1.165, 1.54) is 0 Å². The molecule has 0 bridgehead atoms. The third kappa shape index (κ3) is 5.08. The Labute approximate surface area is 174 Å². The molecule has 0 atom stereocenters. The van der Waals surface area contributed by atoms with Gasteiger partial charge in [-0.1, -0.05) is 29.4 Å². The van der Waals surface area contributed by atoms with Gasteiger partial charge in [-0.05, 0) is 60.5 Å². The number of carbonyl (C=O) groups is 1. The maximum Gasteiger partial charge on any atom is 0.365 e. The zero-order chi connectivity index (χ0) is 21.5. The highest BCUT2D eigenvalue weighted by atomic mass is 16.7. The van der Waals surface area contributed by atoms with E-state index in [2.05, 4.69) is 5.16 Å². The van der Waals surface area contributed by atoms with Crippen molar-refractivity contribution in [2.45, 2.75) is 13.5 Å². The average molecular weight is 405 g/mol. The van der Waals surface area contributed by atoms with Gasteiger partial charge in [-0.25, -0.2) is 4.79 Å². The minimum atomic E-state index is -0.609. The molecular formula is C23H23N3O4. The lowest BCUT2D eigenvalue weighted by Gasteiger charge is -2.08. The second-order valence-corrected chi connectivity index (χ2v) is 6.54. The SMILES string of the molecule is COc1ccc(OCc2ccc(C(=O)O/N=C(\N)c3cccc(N)c3C)cc2)cc1. The number of amidine groups is 1. The fourth-order valence-electron chi connectivity index (χ4n) is 2.70. The van der Waals surface area contributed by atoms with E-state index in [9.17, 15) is 4.79 Å². The van der Waals surface area contributed by atoms with Gasteiger partial charge in [0.25, 0.3) is 0 Å².